The number of allylic oxidation sites excluding steroid dienone is 5. The molecule has 0 spiro atoms. The molecule has 2 unspecified atom stereocenters. The second-order valence-corrected chi connectivity index (χ2v) is 9.17. The van der Waals surface area contributed by atoms with E-state index in [1.807, 2.05) is 6.92 Å². The summed E-state index contributed by atoms with van der Waals surface area (Å²) in [5.74, 6) is -0.721. The zero-order valence-electron chi connectivity index (χ0n) is 18.5. The number of halogens is 3. The Morgan fingerprint density at radius 2 is 1.68 bits per heavy atom. The highest BCUT2D eigenvalue weighted by Gasteiger charge is 2.25. The first-order chi connectivity index (χ1) is 13.2. The van der Waals surface area contributed by atoms with Crippen LogP contribution in [-0.4, -0.2) is 0 Å². The molecule has 3 heteroatoms. The number of hydrogen-bond donors (Lipinski definition) is 0. The number of hydrogen-bond acceptors (Lipinski definition) is 0. The predicted octanol–water partition coefficient (Wildman–Crippen LogP) is 9.40. The molecule has 0 aliphatic heterocycles. The van der Waals surface area contributed by atoms with Crippen molar-refractivity contribution in [3.8, 4) is 0 Å². The molecule has 1 aliphatic rings. The maximum Gasteiger partial charge on any atom is 0.189 e. The van der Waals surface area contributed by atoms with Gasteiger partial charge < -0.3 is 0 Å². The molecule has 0 heterocycles. The van der Waals surface area contributed by atoms with Crippen molar-refractivity contribution < 1.29 is 13.2 Å². The highest BCUT2D eigenvalue weighted by Crippen LogP contribution is 2.38. The SMILES string of the molecule is C=C(F)/C(F)=C(/F)C/C=C(\C)CC1CCC(C(C)CCCC(C)CCC)CC1. The van der Waals surface area contributed by atoms with E-state index in [4.69, 9.17) is 0 Å². The fourth-order valence-electron chi connectivity index (χ4n) is 4.66. The highest BCUT2D eigenvalue weighted by molar-refractivity contribution is 5.21. The van der Waals surface area contributed by atoms with E-state index in [1.54, 1.807) is 6.08 Å². The van der Waals surface area contributed by atoms with Gasteiger partial charge in [-0.05, 0) is 62.7 Å². The third-order valence-electron chi connectivity index (χ3n) is 6.55. The minimum atomic E-state index is -1.46. The molecule has 0 aromatic rings. The van der Waals surface area contributed by atoms with Crippen molar-refractivity contribution in [2.24, 2.45) is 23.7 Å². The van der Waals surface area contributed by atoms with E-state index in [-0.39, 0.29) is 6.42 Å². The summed E-state index contributed by atoms with van der Waals surface area (Å²) in [4.78, 5) is 0. The van der Waals surface area contributed by atoms with Gasteiger partial charge in [0.1, 0.15) is 5.83 Å². The molecular weight excluding hydrogens is 357 g/mol. The van der Waals surface area contributed by atoms with Gasteiger partial charge in [-0.25, -0.2) is 13.2 Å². The molecule has 0 N–H and O–H groups in total. The van der Waals surface area contributed by atoms with E-state index in [1.165, 1.54) is 57.8 Å². The van der Waals surface area contributed by atoms with Crippen LogP contribution in [0.2, 0.25) is 0 Å². The average Bonchev–Trinajstić information content (AvgIpc) is 2.66. The van der Waals surface area contributed by atoms with Crippen molar-refractivity contribution in [1.29, 1.82) is 0 Å². The fraction of sp³-hybridized carbons (Fsp3) is 0.760. The van der Waals surface area contributed by atoms with Gasteiger partial charge in [-0.15, -0.1) is 0 Å². The standard InChI is InChI=1S/C25H41F3/c1-6-8-18(2)9-7-10-20(4)23-14-12-22(13-15-23)17-19(3)11-16-24(27)25(28)21(5)26/h11,18,20,22-23H,5-10,12-17H2,1-4H3/b19-11+,25-24-. The van der Waals surface area contributed by atoms with Gasteiger partial charge in [0.25, 0.3) is 0 Å². The Hall–Kier alpha value is -0.990. The fourth-order valence-corrected chi connectivity index (χ4v) is 4.66. The van der Waals surface area contributed by atoms with Gasteiger partial charge in [0, 0.05) is 6.42 Å². The summed E-state index contributed by atoms with van der Waals surface area (Å²) in [5, 5.41) is 0. The van der Waals surface area contributed by atoms with Crippen LogP contribution in [0.25, 0.3) is 0 Å². The molecule has 1 fully saturated rings. The van der Waals surface area contributed by atoms with Crippen molar-refractivity contribution in [2.45, 2.75) is 98.3 Å². The lowest BCUT2D eigenvalue weighted by Crippen LogP contribution is -2.20. The van der Waals surface area contributed by atoms with Crippen LogP contribution in [0.3, 0.4) is 0 Å². The average molecular weight is 399 g/mol. The monoisotopic (exact) mass is 398 g/mol. The Balaban J connectivity index is 2.32. The molecule has 0 aromatic heterocycles. The first-order valence-corrected chi connectivity index (χ1v) is 11.3. The summed E-state index contributed by atoms with van der Waals surface area (Å²) in [6.07, 6.45) is 14.1. The zero-order chi connectivity index (χ0) is 21.1. The van der Waals surface area contributed by atoms with Gasteiger partial charge in [-0.3, -0.25) is 0 Å². The van der Waals surface area contributed by atoms with Crippen molar-refractivity contribution in [3.05, 3.63) is 35.7 Å². The molecule has 0 bridgehead atoms. The second-order valence-electron chi connectivity index (χ2n) is 9.17. The predicted molar refractivity (Wildman–Crippen MR) is 115 cm³/mol. The van der Waals surface area contributed by atoms with Crippen LogP contribution in [0, 0.1) is 23.7 Å². The van der Waals surface area contributed by atoms with Crippen LogP contribution in [-0.2, 0) is 0 Å². The molecule has 28 heavy (non-hydrogen) atoms. The van der Waals surface area contributed by atoms with Crippen LogP contribution >= 0.6 is 0 Å². The van der Waals surface area contributed by atoms with Crippen molar-refractivity contribution in [1.82, 2.24) is 0 Å². The molecule has 0 nitrogen and oxygen atoms in total. The van der Waals surface area contributed by atoms with Gasteiger partial charge in [0.15, 0.2) is 11.7 Å². The third kappa shape index (κ3) is 9.47. The quantitative estimate of drug-likeness (QED) is 0.227. The Labute approximate surface area is 171 Å². The normalized spacial score (nSPS) is 23.9. The molecule has 1 rings (SSSR count). The van der Waals surface area contributed by atoms with Crippen molar-refractivity contribution in [2.75, 3.05) is 0 Å². The molecule has 0 aromatic carbocycles. The molecule has 1 saturated carbocycles. The van der Waals surface area contributed by atoms with Crippen molar-refractivity contribution in [3.63, 3.8) is 0 Å². The van der Waals surface area contributed by atoms with E-state index in [2.05, 4.69) is 27.4 Å². The first-order valence-electron chi connectivity index (χ1n) is 11.3. The summed E-state index contributed by atoms with van der Waals surface area (Å²) in [6.45, 7) is 11.8. The molecular formula is C25H41F3. The van der Waals surface area contributed by atoms with Crippen LogP contribution in [0.5, 0.6) is 0 Å². The topological polar surface area (TPSA) is 0 Å². The Bertz CT molecular complexity index is 524. The maximum absolute atomic E-state index is 13.5. The summed E-state index contributed by atoms with van der Waals surface area (Å²) < 4.78 is 39.2. The minimum absolute atomic E-state index is 0.191. The molecule has 2 atom stereocenters. The molecule has 0 amide bonds. The van der Waals surface area contributed by atoms with Crippen LogP contribution in [0.1, 0.15) is 98.3 Å². The Morgan fingerprint density at radius 1 is 1.04 bits per heavy atom. The largest absolute Gasteiger partial charge is 0.208 e. The Morgan fingerprint density at radius 3 is 2.25 bits per heavy atom. The van der Waals surface area contributed by atoms with E-state index >= 15 is 0 Å². The van der Waals surface area contributed by atoms with Gasteiger partial charge in [0.05, 0.1) is 0 Å². The van der Waals surface area contributed by atoms with E-state index < -0.39 is 17.5 Å². The lowest BCUT2D eigenvalue weighted by molar-refractivity contribution is 0.201. The molecule has 1 aliphatic carbocycles. The van der Waals surface area contributed by atoms with Gasteiger partial charge in [-0.2, -0.15) is 0 Å². The van der Waals surface area contributed by atoms with Crippen LogP contribution < -0.4 is 0 Å². The highest BCUT2D eigenvalue weighted by atomic mass is 19.2. The summed E-state index contributed by atoms with van der Waals surface area (Å²) >= 11 is 0. The van der Waals surface area contributed by atoms with Gasteiger partial charge >= 0.3 is 0 Å². The summed E-state index contributed by atoms with van der Waals surface area (Å²) in [5.41, 5.74) is 1.06. The van der Waals surface area contributed by atoms with Crippen LogP contribution in [0.15, 0.2) is 35.7 Å². The van der Waals surface area contributed by atoms with E-state index in [0.29, 0.717) is 5.92 Å². The second kappa shape index (κ2) is 13.3. The lowest BCUT2D eigenvalue weighted by Gasteiger charge is -2.32. The maximum atomic E-state index is 13.5. The summed E-state index contributed by atoms with van der Waals surface area (Å²) in [7, 11) is 0. The molecule has 0 saturated heterocycles. The minimum Gasteiger partial charge on any atom is -0.208 e. The first kappa shape index (κ1) is 25.0. The zero-order valence-corrected chi connectivity index (χ0v) is 18.5. The third-order valence-corrected chi connectivity index (χ3v) is 6.55. The van der Waals surface area contributed by atoms with E-state index in [9.17, 15) is 13.2 Å². The van der Waals surface area contributed by atoms with Gasteiger partial charge in [-0.1, -0.05) is 71.1 Å². The summed E-state index contributed by atoms with van der Waals surface area (Å²) in [6, 6.07) is 0. The Kier molecular flexibility index (Phi) is 11.9. The van der Waals surface area contributed by atoms with Crippen molar-refractivity contribution >= 4 is 0 Å². The lowest BCUT2D eigenvalue weighted by atomic mass is 9.73. The van der Waals surface area contributed by atoms with Gasteiger partial charge in [0.2, 0.25) is 0 Å². The van der Waals surface area contributed by atoms with Crippen LogP contribution in [0.4, 0.5) is 13.2 Å². The molecule has 162 valence electrons. The number of rotatable bonds is 12. The molecule has 0 radical (unpaired) electrons. The smallest absolute Gasteiger partial charge is 0.189 e. The van der Waals surface area contributed by atoms with E-state index in [0.717, 1.165) is 29.7 Å².